The van der Waals surface area contributed by atoms with Crippen LogP contribution in [0.4, 0.5) is 0 Å². The van der Waals surface area contributed by atoms with Crippen molar-refractivity contribution in [1.29, 1.82) is 0 Å². The van der Waals surface area contributed by atoms with Gasteiger partial charge in [0, 0.05) is 39.6 Å². The lowest BCUT2D eigenvalue weighted by molar-refractivity contribution is 0.808. The van der Waals surface area contributed by atoms with E-state index in [-0.39, 0.29) is 0 Å². The molecule has 0 fully saturated rings. The number of nitrogens with zero attached hydrogens (tertiary/aromatic N) is 2. The van der Waals surface area contributed by atoms with Gasteiger partial charge in [-0.3, -0.25) is 4.99 Å². The Morgan fingerprint density at radius 2 is 1.78 bits per heavy atom. The molecule has 118 valence electrons. The quantitative estimate of drug-likeness (QED) is 0.574. The van der Waals surface area contributed by atoms with Crippen molar-refractivity contribution in [3.05, 3.63) is 72.1 Å². The third kappa shape index (κ3) is 3.72. The van der Waals surface area contributed by atoms with E-state index < -0.39 is 0 Å². The third-order valence-corrected chi connectivity index (χ3v) is 3.90. The molecule has 23 heavy (non-hydrogen) atoms. The van der Waals surface area contributed by atoms with Gasteiger partial charge < -0.3 is 15.2 Å². The summed E-state index contributed by atoms with van der Waals surface area (Å²) in [7, 11) is 3.82. The zero-order valence-corrected chi connectivity index (χ0v) is 13.6. The van der Waals surface area contributed by atoms with E-state index in [0.717, 1.165) is 19.0 Å². The van der Waals surface area contributed by atoms with Crippen molar-refractivity contribution in [2.75, 3.05) is 7.05 Å². The van der Waals surface area contributed by atoms with Crippen LogP contribution in [0.15, 0.2) is 65.9 Å². The summed E-state index contributed by atoms with van der Waals surface area (Å²) in [6, 6.07) is 16.9. The minimum atomic E-state index is 0.746. The van der Waals surface area contributed by atoms with E-state index in [0.29, 0.717) is 0 Å². The summed E-state index contributed by atoms with van der Waals surface area (Å²) >= 11 is 0. The predicted molar refractivity (Wildman–Crippen MR) is 96.4 cm³/mol. The number of guanidine groups is 1. The van der Waals surface area contributed by atoms with E-state index in [9.17, 15) is 0 Å². The van der Waals surface area contributed by atoms with Crippen molar-refractivity contribution in [1.82, 2.24) is 15.2 Å². The lowest BCUT2D eigenvalue weighted by Crippen LogP contribution is -2.36. The average Bonchev–Trinajstić information content (AvgIpc) is 3.00. The summed E-state index contributed by atoms with van der Waals surface area (Å²) in [4.78, 5) is 4.29. The van der Waals surface area contributed by atoms with Gasteiger partial charge >= 0.3 is 0 Å². The van der Waals surface area contributed by atoms with Crippen molar-refractivity contribution < 1.29 is 0 Å². The average molecular weight is 306 g/mol. The molecular weight excluding hydrogens is 284 g/mol. The van der Waals surface area contributed by atoms with Crippen molar-refractivity contribution in [3.8, 4) is 0 Å². The molecule has 2 N–H and O–H groups in total. The van der Waals surface area contributed by atoms with E-state index in [1.165, 1.54) is 21.9 Å². The van der Waals surface area contributed by atoms with Crippen LogP contribution in [-0.4, -0.2) is 17.6 Å². The van der Waals surface area contributed by atoms with Gasteiger partial charge in [-0.25, -0.2) is 0 Å². The second kappa shape index (κ2) is 7.01. The molecule has 0 saturated carbocycles. The van der Waals surface area contributed by atoms with Crippen LogP contribution in [0.25, 0.3) is 10.8 Å². The highest BCUT2D eigenvalue weighted by molar-refractivity contribution is 5.86. The topological polar surface area (TPSA) is 41.4 Å². The first-order chi connectivity index (χ1) is 11.3. The van der Waals surface area contributed by atoms with Gasteiger partial charge in [-0.05, 0) is 28.0 Å². The van der Waals surface area contributed by atoms with Gasteiger partial charge in [-0.2, -0.15) is 0 Å². The Kier molecular flexibility index (Phi) is 4.62. The van der Waals surface area contributed by atoms with Crippen molar-refractivity contribution in [2.45, 2.75) is 13.1 Å². The normalized spacial score (nSPS) is 11.7. The highest BCUT2D eigenvalue weighted by atomic mass is 15.2. The van der Waals surface area contributed by atoms with E-state index in [4.69, 9.17) is 0 Å². The van der Waals surface area contributed by atoms with Gasteiger partial charge in [-0.15, -0.1) is 0 Å². The first-order valence-electron chi connectivity index (χ1n) is 7.78. The molecular formula is C19H22N4. The van der Waals surface area contributed by atoms with Crippen LogP contribution < -0.4 is 10.6 Å². The maximum Gasteiger partial charge on any atom is 0.191 e. The van der Waals surface area contributed by atoms with Gasteiger partial charge in [0.25, 0.3) is 0 Å². The van der Waals surface area contributed by atoms with Crippen molar-refractivity contribution in [3.63, 3.8) is 0 Å². The number of aryl methyl sites for hydroxylation is 1. The highest BCUT2D eigenvalue weighted by Crippen LogP contribution is 2.18. The van der Waals surface area contributed by atoms with Crippen LogP contribution in [0.5, 0.6) is 0 Å². The monoisotopic (exact) mass is 306 g/mol. The molecule has 0 saturated heterocycles. The number of rotatable bonds is 4. The molecule has 1 heterocycles. The van der Waals surface area contributed by atoms with Crippen LogP contribution >= 0.6 is 0 Å². The number of hydrogen-bond donors (Lipinski definition) is 2. The molecule has 0 bridgehead atoms. The number of aromatic nitrogens is 1. The molecule has 3 aromatic rings. The van der Waals surface area contributed by atoms with Gasteiger partial charge in [0.15, 0.2) is 5.96 Å². The number of aliphatic imine (C=N–C) groups is 1. The van der Waals surface area contributed by atoms with Gasteiger partial charge in [0.05, 0.1) is 0 Å². The summed E-state index contributed by atoms with van der Waals surface area (Å²) in [6.45, 7) is 1.51. The second-order valence-corrected chi connectivity index (χ2v) is 5.60. The lowest BCUT2D eigenvalue weighted by Gasteiger charge is -2.13. The van der Waals surface area contributed by atoms with Crippen LogP contribution in [0.3, 0.4) is 0 Å². The molecule has 4 nitrogen and oxygen atoms in total. The lowest BCUT2D eigenvalue weighted by atomic mass is 10.0. The fourth-order valence-corrected chi connectivity index (χ4v) is 2.70. The van der Waals surface area contributed by atoms with Crippen LogP contribution in [0, 0.1) is 0 Å². The fourth-order valence-electron chi connectivity index (χ4n) is 2.70. The first kappa shape index (κ1) is 15.2. The maximum atomic E-state index is 4.29. The minimum Gasteiger partial charge on any atom is -0.357 e. The van der Waals surface area contributed by atoms with Gasteiger partial charge in [-0.1, -0.05) is 42.5 Å². The Bertz CT molecular complexity index is 812. The summed E-state index contributed by atoms with van der Waals surface area (Å²) in [5, 5.41) is 9.27. The Balaban J connectivity index is 1.63. The second-order valence-electron chi connectivity index (χ2n) is 5.60. The summed E-state index contributed by atoms with van der Waals surface area (Å²) in [6.07, 6.45) is 4.15. The molecule has 0 unspecified atom stereocenters. The Labute approximate surface area is 136 Å². The molecule has 2 aromatic carbocycles. The zero-order chi connectivity index (χ0) is 16.1. The van der Waals surface area contributed by atoms with Crippen molar-refractivity contribution in [2.24, 2.45) is 12.0 Å². The van der Waals surface area contributed by atoms with Gasteiger partial charge in [0.2, 0.25) is 0 Å². The van der Waals surface area contributed by atoms with E-state index >= 15 is 0 Å². The number of hydrogen-bond acceptors (Lipinski definition) is 1. The first-order valence-corrected chi connectivity index (χ1v) is 7.78. The number of nitrogens with one attached hydrogen (secondary N) is 2. The van der Waals surface area contributed by atoms with Crippen LogP contribution in [0.1, 0.15) is 11.1 Å². The summed E-state index contributed by atoms with van der Waals surface area (Å²) in [5.74, 6) is 0.807. The predicted octanol–water partition coefficient (Wildman–Crippen LogP) is 3.04. The Morgan fingerprint density at radius 1 is 1.00 bits per heavy atom. The Hall–Kier alpha value is -2.75. The maximum absolute atomic E-state index is 4.29. The van der Waals surface area contributed by atoms with E-state index in [1.54, 1.807) is 7.05 Å². The molecule has 0 aliphatic carbocycles. The number of fused-ring (bicyclic) bond motifs is 1. The van der Waals surface area contributed by atoms with Crippen molar-refractivity contribution >= 4 is 16.7 Å². The standard InChI is InChI=1S/C19H22N4/c1-20-19(21-12-15-10-11-23(2)14-15)22-13-17-8-5-7-16-6-3-4-9-18(16)17/h3-11,14H,12-13H2,1-2H3,(H2,20,21,22). The van der Waals surface area contributed by atoms with Crippen LogP contribution in [0.2, 0.25) is 0 Å². The minimum absolute atomic E-state index is 0.746. The van der Waals surface area contributed by atoms with E-state index in [2.05, 4.69) is 70.4 Å². The SMILES string of the molecule is CN=C(NCc1ccn(C)c1)NCc1cccc2ccccc12. The molecule has 0 aliphatic heterocycles. The Morgan fingerprint density at radius 3 is 2.57 bits per heavy atom. The molecule has 3 rings (SSSR count). The molecule has 0 aliphatic rings. The smallest absolute Gasteiger partial charge is 0.191 e. The van der Waals surface area contributed by atoms with E-state index in [1.807, 2.05) is 17.8 Å². The number of benzene rings is 2. The summed E-state index contributed by atoms with van der Waals surface area (Å²) < 4.78 is 2.04. The molecule has 0 radical (unpaired) electrons. The molecule has 0 amide bonds. The van der Waals surface area contributed by atoms with Crippen LogP contribution in [-0.2, 0) is 20.1 Å². The molecule has 0 spiro atoms. The molecule has 1 aromatic heterocycles. The highest BCUT2D eigenvalue weighted by Gasteiger charge is 2.03. The zero-order valence-electron chi connectivity index (χ0n) is 13.6. The summed E-state index contributed by atoms with van der Waals surface area (Å²) in [5.41, 5.74) is 2.51. The third-order valence-electron chi connectivity index (χ3n) is 3.90. The molecule has 0 atom stereocenters. The van der Waals surface area contributed by atoms with Gasteiger partial charge in [0.1, 0.15) is 0 Å². The largest absolute Gasteiger partial charge is 0.357 e. The molecule has 4 heteroatoms. The fraction of sp³-hybridized carbons (Fsp3) is 0.211.